The Morgan fingerprint density at radius 3 is 2.32 bits per heavy atom. The predicted molar refractivity (Wildman–Crippen MR) is 147 cm³/mol. The van der Waals surface area contributed by atoms with Gasteiger partial charge in [-0.2, -0.15) is 4.72 Å². The van der Waals surface area contributed by atoms with E-state index < -0.39 is 16.1 Å². The fourth-order valence-electron chi connectivity index (χ4n) is 4.74. The van der Waals surface area contributed by atoms with Crippen LogP contribution in [0.5, 0.6) is 5.75 Å². The number of anilines is 1. The monoisotopic (exact) mass is 521 g/mol. The van der Waals surface area contributed by atoms with Crippen molar-refractivity contribution in [2.45, 2.75) is 38.1 Å². The molecule has 3 aromatic carbocycles. The molecular weight excluding hydrogens is 486 g/mol. The zero-order valence-corrected chi connectivity index (χ0v) is 22.7. The highest BCUT2D eigenvalue weighted by atomic mass is 32.2. The zero-order valence-electron chi connectivity index (χ0n) is 21.9. The van der Waals surface area contributed by atoms with Gasteiger partial charge in [0.25, 0.3) is 0 Å². The molecule has 1 atom stereocenters. The number of nitrogens with one attached hydrogen (secondary N) is 1. The van der Waals surface area contributed by atoms with Gasteiger partial charge in [-0.3, -0.25) is 4.79 Å². The summed E-state index contributed by atoms with van der Waals surface area (Å²) in [6, 6.07) is 19.8. The van der Waals surface area contributed by atoms with Crippen LogP contribution >= 0.6 is 0 Å². The average molecular weight is 522 g/mol. The van der Waals surface area contributed by atoms with Crippen LogP contribution in [-0.2, 0) is 21.2 Å². The van der Waals surface area contributed by atoms with Gasteiger partial charge in [0.1, 0.15) is 16.7 Å². The lowest BCUT2D eigenvalue weighted by Gasteiger charge is -2.38. The molecule has 8 heteroatoms. The van der Waals surface area contributed by atoms with Gasteiger partial charge < -0.3 is 14.5 Å². The third kappa shape index (κ3) is 6.14. The molecule has 1 aliphatic heterocycles. The van der Waals surface area contributed by atoms with Gasteiger partial charge in [-0.15, -0.1) is 0 Å². The molecule has 0 unspecified atom stereocenters. The first-order valence-electron chi connectivity index (χ1n) is 12.5. The van der Waals surface area contributed by atoms with Crippen LogP contribution in [0.2, 0.25) is 0 Å². The third-order valence-electron chi connectivity index (χ3n) is 6.99. The normalized spacial score (nSPS) is 14.9. The molecule has 1 fully saturated rings. The molecule has 1 heterocycles. The molecule has 1 amide bonds. The molecule has 0 aliphatic carbocycles. The Kier molecular flexibility index (Phi) is 8.19. The van der Waals surface area contributed by atoms with Crippen LogP contribution in [0.3, 0.4) is 0 Å². The lowest BCUT2D eigenvalue weighted by atomic mass is 10.0. The molecule has 0 saturated carbocycles. The Bertz CT molecular complexity index is 1350. The van der Waals surface area contributed by atoms with E-state index in [0.29, 0.717) is 26.2 Å². The maximum absolute atomic E-state index is 13.7. The Hall–Kier alpha value is -3.36. The fourth-order valence-corrected chi connectivity index (χ4v) is 6.18. The number of amides is 1. The highest BCUT2D eigenvalue weighted by molar-refractivity contribution is 7.89. The van der Waals surface area contributed by atoms with Crippen molar-refractivity contribution in [1.29, 1.82) is 0 Å². The lowest BCUT2D eigenvalue weighted by Crippen LogP contribution is -2.55. The lowest BCUT2D eigenvalue weighted by molar-refractivity contribution is -0.133. The summed E-state index contributed by atoms with van der Waals surface area (Å²) in [5, 5.41) is 0. The van der Waals surface area contributed by atoms with Crippen molar-refractivity contribution in [2.24, 2.45) is 0 Å². The van der Waals surface area contributed by atoms with E-state index in [2.05, 4.69) is 41.7 Å². The Labute approximate surface area is 220 Å². The van der Waals surface area contributed by atoms with Gasteiger partial charge in [0, 0.05) is 31.9 Å². The van der Waals surface area contributed by atoms with Gasteiger partial charge in [0.05, 0.1) is 7.11 Å². The highest BCUT2D eigenvalue weighted by Crippen LogP contribution is 2.26. The Morgan fingerprint density at radius 2 is 1.65 bits per heavy atom. The van der Waals surface area contributed by atoms with Crippen molar-refractivity contribution in [2.75, 3.05) is 38.2 Å². The van der Waals surface area contributed by atoms with Gasteiger partial charge in [-0.05, 0) is 67.6 Å². The van der Waals surface area contributed by atoms with E-state index in [1.807, 2.05) is 37.3 Å². The number of carbonyl (C=O) groups excluding carboxylic acids is 1. The van der Waals surface area contributed by atoms with Gasteiger partial charge >= 0.3 is 0 Å². The van der Waals surface area contributed by atoms with E-state index in [1.165, 1.54) is 23.9 Å². The van der Waals surface area contributed by atoms with E-state index in [1.54, 1.807) is 23.1 Å². The molecule has 37 heavy (non-hydrogen) atoms. The summed E-state index contributed by atoms with van der Waals surface area (Å²) in [7, 11) is -2.59. The number of methoxy groups -OCH3 is 1. The molecule has 1 saturated heterocycles. The van der Waals surface area contributed by atoms with E-state index in [0.717, 1.165) is 11.1 Å². The summed E-state index contributed by atoms with van der Waals surface area (Å²) in [4.78, 5) is 17.8. The zero-order chi connectivity index (χ0) is 26.6. The van der Waals surface area contributed by atoms with Crippen LogP contribution in [0.4, 0.5) is 5.69 Å². The molecule has 3 aromatic rings. The predicted octanol–water partition coefficient (Wildman–Crippen LogP) is 3.86. The highest BCUT2D eigenvalue weighted by Gasteiger charge is 2.32. The summed E-state index contributed by atoms with van der Waals surface area (Å²) >= 11 is 0. The number of rotatable bonds is 8. The van der Waals surface area contributed by atoms with E-state index in [4.69, 9.17) is 4.74 Å². The van der Waals surface area contributed by atoms with Crippen molar-refractivity contribution in [3.8, 4) is 5.75 Å². The number of hydrogen-bond acceptors (Lipinski definition) is 5. The van der Waals surface area contributed by atoms with Crippen LogP contribution in [0.1, 0.15) is 22.3 Å². The number of benzene rings is 3. The molecule has 0 spiro atoms. The summed E-state index contributed by atoms with van der Waals surface area (Å²) in [6.07, 6.45) is 0.254. The summed E-state index contributed by atoms with van der Waals surface area (Å²) in [5.41, 5.74) is 5.33. The standard InChI is InChI=1S/C29H35N3O4S/c1-21-13-14-27(36-4)28(19-21)37(34,35)30-25(20-24-10-6-5-7-11-24)29(33)32-17-15-31(16-18-32)26-12-8-9-22(2)23(26)3/h5-14,19,25,30H,15-18,20H2,1-4H3/t25-/m1/s1. The topological polar surface area (TPSA) is 78.9 Å². The van der Waals surface area contributed by atoms with Crippen LogP contribution in [0.15, 0.2) is 71.6 Å². The molecule has 4 rings (SSSR count). The van der Waals surface area contributed by atoms with E-state index >= 15 is 0 Å². The molecule has 196 valence electrons. The number of nitrogens with zero attached hydrogens (tertiary/aromatic N) is 2. The third-order valence-corrected chi connectivity index (χ3v) is 8.49. The Balaban J connectivity index is 1.56. The minimum atomic E-state index is -4.03. The number of ether oxygens (including phenoxy) is 1. The number of hydrogen-bond donors (Lipinski definition) is 1. The number of piperazine rings is 1. The second-order valence-corrected chi connectivity index (χ2v) is 11.2. The molecule has 7 nitrogen and oxygen atoms in total. The second-order valence-electron chi connectivity index (χ2n) is 9.55. The Morgan fingerprint density at radius 1 is 0.946 bits per heavy atom. The molecule has 0 aromatic heterocycles. The summed E-state index contributed by atoms with van der Waals surface area (Å²) < 4.78 is 35.0. The van der Waals surface area contributed by atoms with E-state index in [-0.39, 0.29) is 23.0 Å². The number of carbonyl (C=O) groups is 1. The average Bonchev–Trinajstić information content (AvgIpc) is 2.90. The first-order valence-corrected chi connectivity index (χ1v) is 14.0. The van der Waals surface area contributed by atoms with Crippen molar-refractivity contribution in [3.05, 3.63) is 89.0 Å². The number of aryl methyl sites for hydroxylation is 2. The van der Waals surface area contributed by atoms with Crippen LogP contribution in [-0.4, -0.2) is 58.6 Å². The molecule has 1 N–H and O–H groups in total. The molecule has 0 radical (unpaired) electrons. The van der Waals surface area contributed by atoms with Gasteiger partial charge in [-0.1, -0.05) is 48.5 Å². The van der Waals surface area contributed by atoms with Crippen LogP contribution < -0.4 is 14.4 Å². The molecule has 1 aliphatic rings. The van der Waals surface area contributed by atoms with Gasteiger partial charge in [0.2, 0.25) is 15.9 Å². The van der Waals surface area contributed by atoms with Gasteiger partial charge in [-0.25, -0.2) is 8.42 Å². The SMILES string of the molecule is COc1ccc(C)cc1S(=O)(=O)N[C@H](Cc1ccccc1)C(=O)N1CCN(c2cccc(C)c2C)CC1. The smallest absolute Gasteiger partial charge is 0.244 e. The fraction of sp³-hybridized carbons (Fsp3) is 0.345. The quantitative estimate of drug-likeness (QED) is 0.487. The van der Waals surface area contributed by atoms with Crippen molar-refractivity contribution in [3.63, 3.8) is 0 Å². The molecule has 0 bridgehead atoms. The first kappa shape index (κ1) is 26.7. The minimum Gasteiger partial charge on any atom is -0.495 e. The number of sulfonamides is 1. The maximum atomic E-state index is 13.7. The first-order chi connectivity index (χ1) is 17.7. The summed E-state index contributed by atoms with van der Waals surface area (Å²) in [6.45, 7) is 8.45. The van der Waals surface area contributed by atoms with E-state index in [9.17, 15) is 13.2 Å². The minimum absolute atomic E-state index is 0.0283. The van der Waals surface area contributed by atoms with Crippen LogP contribution in [0, 0.1) is 20.8 Å². The maximum Gasteiger partial charge on any atom is 0.244 e. The van der Waals surface area contributed by atoms with Crippen molar-refractivity contribution in [1.82, 2.24) is 9.62 Å². The van der Waals surface area contributed by atoms with Crippen molar-refractivity contribution >= 4 is 21.6 Å². The summed E-state index contributed by atoms with van der Waals surface area (Å²) in [5.74, 6) is 0.0193. The molecular formula is C29H35N3O4S. The largest absolute Gasteiger partial charge is 0.495 e. The van der Waals surface area contributed by atoms with Gasteiger partial charge in [0.15, 0.2) is 0 Å². The second kappa shape index (κ2) is 11.4. The van der Waals surface area contributed by atoms with Crippen molar-refractivity contribution < 1.29 is 17.9 Å². The van der Waals surface area contributed by atoms with Crippen LogP contribution in [0.25, 0.3) is 0 Å².